The number of nitrogens with zero attached hydrogens (tertiary/aromatic N) is 1. The van der Waals surface area contributed by atoms with Gasteiger partial charge in [0.2, 0.25) is 0 Å². The van der Waals surface area contributed by atoms with Crippen LogP contribution in [-0.2, 0) is 0 Å². The minimum atomic E-state index is -0.0561. The number of hydrogen-bond acceptors (Lipinski definition) is 3. The van der Waals surface area contributed by atoms with Crippen LogP contribution in [0, 0.1) is 0 Å². The summed E-state index contributed by atoms with van der Waals surface area (Å²) in [7, 11) is 6.05. The molecule has 3 atom stereocenters. The van der Waals surface area contributed by atoms with Gasteiger partial charge in [0.05, 0.1) is 7.11 Å². The lowest BCUT2D eigenvalue weighted by molar-refractivity contribution is -0.0126. The largest absolute Gasteiger partial charge is 0.493 e. The second-order valence-corrected chi connectivity index (χ2v) is 6.39. The third-order valence-corrected chi connectivity index (χ3v) is 4.65. The molecule has 0 saturated heterocycles. The van der Waals surface area contributed by atoms with Crippen LogP contribution in [0.3, 0.4) is 0 Å². The summed E-state index contributed by atoms with van der Waals surface area (Å²) in [6, 6.07) is 6.86. The van der Waals surface area contributed by atoms with Gasteiger partial charge in [-0.1, -0.05) is 12.1 Å². The first kappa shape index (κ1) is 15.5. The summed E-state index contributed by atoms with van der Waals surface area (Å²) < 4.78 is 11.8. The van der Waals surface area contributed by atoms with E-state index in [2.05, 4.69) is 38.1 Å². The Labute approximate surface area is 127 Å². The third kappa shape index (κ3) is 2.49. The van der Waals surface area contributed by atoms with E-state index in [1.807, 2.05) is 6.07 Å². The van der Waals surface area contributed by atoms with E-state index in [1.165, 1.54) is 12.0 Å². The highest BCUT2D eigenvalue weighted by Crippen LogP contribution is 2.52. The van der Waals surface area contributed by atoms with Crippen LogP contribution in [-0.4, -0.2) is 37.7 Å². The van der Waals surface area contributed by atoms with Gasteiger partial charge in [-0.2, -0.15) is 0 Å². The molecule has 1 aromatic rings. The quantitative estimate of drug-likeness (QED) is 0.834. The fraction of sp³-hybridized carbons (Fsp3) is 0.625. The number of methoxy groups -OCH3 is 1. The second kappa shape index (κ2) is 5.45. The van der Waals surface area contributed by atoms with Crippen LogP contribution in [0.5, 0.6) is 11.5 Å². The summed E-state index contributed by atoms with van der Waals surface area (Å²) in [4.78, 5) is 2.33. The number of para-hydroxylation sites is 1. The average molecular weight is 298 g/mol. The first-order valence-corrected chi connectivity index (χ1v) is 7.05. The molecular weight excluding hydrogens is 274 g/mol. The van der Waals surface area contributed by atoms with Gasteiger partial charge in [-0.25, -0.2) is 0 Å². The molecule has 3 rings (SSSR count). The maximum absolute atomic E-state index is 6.34. The zero-order valence-electron chi connectivity index (χ0n) is 12.7. The van der Waals surface area contributed by atoms with Crippen molar-refractivity contribution in [3.8, 4) is 11.5 Å². The van der Waals surface area contributed by atoms with Gasteiger partial charge in [-0.05, 0) is 45.8 Å². The van der Waals surface area contributed by atoms with Crippen LogP contribution in [0.15, 0.2) is 18.2 Å². The monoisotopic (exact) mass is 297 g/mol. The number of fused-ring (bicyclic) bond motifs is 4. The van der Waals surface area contributed by atoms with Crippen LogP contribution in [0.4, 0.5) is 0 Å². The van der Waals surface area contributed by atoms with Gasteiger partial charge in [0.1, 0.15) is 5.60 Å². The lowest BCUT2D eigenvalue weighted by Crippen LogP contribution is -2.49. The highest BCUT2D eigenvalue weighted by atomic mass is 35.5. The molecular formula is C16H24ClNO2. The highest BCUT2D eigenvalue weighted by Gasteiger charge is 2.45. The van der Waals surface area contributed by atoms with Gasteiger partial charge in [-0.15, -0.1) is 12.4 Å². The lowest BCUT2D eigenvalue weighted by Gasteiger charge is -2.48. The fourth-order valence-electron chi connectivity index (χ4n) is 3.68. The van der Waals surface area contributed by atoms with E-state index in [0.717, 1.165) is 24.3 Å². The van der Waals surface area contributed by atoms with Crippen molar-refractivity contribution < 1.29 is 9.47 Å². The standard InChI is InChI=1S/C16H23NO2.ClH/c1-16-9-11(8-12(10-16)17(2)3)13-6-5-7-14(18-4)15(13)19-16;/h5-7,11-12H,8-10H2,1-4H3;1H. The predicted octanol–water partition coefficient (Wildman–Crippen LogP) is 3.47. The minimum Gasteiger partial charge on any atom is -0.493 e. The van der Waals surface area contributed by atoms with E-state index in [4.69, 9.17) is 9.47 Å². The molecule has 112 valence electrons. The van der Waals surface area contributed by atoms with E-state index in [1.54, 1.807) is 7.11 Å². The molecule has 1 aromatic carbocycles. The van der Waals surface area contributed by atoms with Crippen molar-refractivity contribution in [2.24, 2.45) is 0 Å². The molecule has 1 saturated carbocycles. The van der Waals surface area contributed by atoms with Gasteiger partial charge < -0.3 is 14.4 Å². The molecule has 1 aliphatic carbocycles. The molecule has 3 nitrogen and oxygen atoms in total. The van der Waals surface area contributed by atoms with E-state index in [-0.39, 0.29) is 18.0 Å². The van der Waals surface area contributed by atoms with E-state index in [0.29, 0.717) is 12.0 Å². The molecule has 1 heterocycles. The number of halogens is 1. The van der Waals surface area contributed by atoms with Crippen LogP contribution in [0.1, 0.15) is 37.7 Å². The Morgan fingerprint density at radius 3 is 2.70 bits per heavy atom. The van der Waals surface area contributed by atoms with Crippen LogP contribution >= 0.6 is 12.4 Å². The van der Waals surface area contributed by atoms with Gasteiger partial charge in [0.15, 0.2) is 11.5 Å². The second-order valence-electron chi connectivity index (χ2n) is 6.39. The van der Waals surface area contributed by atoms with Crippen molar-refractivity contribution in [3.63, 3.8) is 0 Å². The molecule has 1 fully saturated rings. The van der Waals surface area contributed by atoms with Gasteiger partial charge in [-0.3, -0.25) is 0 Å². The molecule has 20 heavy (non-hydrogen) atoms. The molecule has 0 spiro atoms. The predicted molar refractivity (Wildman–Crippen MR) is 83.3 cm³/mol. The van der Waals surface area contributed by atoms with Gasteiger partial charge >= 0.3 is 0 Å². The summed E-state index contributed by atoms with van der Waals surface area (Å²) in [6.07, 6.45) is 3.43. The summed E-state index contributed by atoms with van der Waals surface area (Å²) in [5, 5.41) is 0. The Morgan fingerprint density at radius 2 is 2.05 bits per heavy atom. The van der Waals surface area contributed by atoms with Crippen molar-refractivity contribution in [1.29, 1.82) is 0 Å². The Morgan fingerprint density at radius 1 is 1.30 bits per heavy atom. The molecule has 0 aromatic heterocycles. The number of hydrogen-bond donors (Lipinski definition) is 0. The molecule has 2 bridgehead atoms. The topological polar surface area (TPSA) is 21.7 Å². The Balaban J connectivity index is 0.00000147. The molecule has 3 unspecified atom stereocenters. The van der Waals surface area contributed by atoms with Crippen molar-refractivity contribution in [3.05, 3.63) is 23.8 Å². The molecule has 2 aliphatic rings. The maximum atomic E-state index is 6.34. The number of benzene rings is 1. The SMILES string of the molecule is COc1cccc2c1OC1(C)CC2CC(N(C)C)C1.Cl. The van der Waals surface area contributed by atoms with Crippen molar-refractivity contribution in [2.45, 2.75) is 43.7 Å². The van der Waals surface area contributed by atoms with Crippen LogP contribution in [0.25, 0.3) is 0 Å². The molecule has 4 heteroatoms. The first-order valence-electron chi connectivity index (χ1n) is 7.05. The Kier molecular flexibility index (Phi) is 4.22. The lowest BCUT2D eigenvalue weighted by atomic mass is 9.71. The number of ether oxygens (including phenoxy) is 2. The first-order chi connectivity index (χ1) is 9.02. The number of rotatable bonds is 2. The van der Waals surface area contributed by atoms with Crippen LogP contribution < -0.4 is 9.47 Å². The summed E-state index contributed by atoms with van der Waals surface area (Å²) >= 11 is 0. The van der Waals surface area contributed by atoms with Crippen molar-refractivity contribution >= 4 is 12.4 Å². The molecule has 0 N–H and O–H groups in total. The van der Waals surface area contributed by atoms with Crippen LogP contribution in [0.2, 0.25) is 0 Å². The molecule has 1 aliphatic heterocycles. The zero-order valence-corrected chi connectivity index (χ0v) is 13.5. The van der Waals surface area contributed by atoms with Crippen molar-refractivity contribution in [2.75, 3.05) is 21.2 Å². The van der Waals surface area contributed by atoms with E-state index in [9.17, 15) is 0 Å². The molecule has 0 amide bonds. The maximum Gasteiger partial charge on any atom is 0.165 e. The van der Waals surface area contributed by atoms with Crippen molar-refractivity contribution in [1.82, 2.24) is 4.90 Å². The molecule has 0 radical (unpaired) electrons. The van der Waals surface area contributed by atoms with E-state index >= 15 is 0 Å². The summed E-state index contributed by atoms with van der Waals surface area (Å²) in [5.74, 6) is 2.43. The normalized spacial score (nSPS) is 31.1. The smallest absolute Gasteiger partial charge is 0.165 e. The third-order valence-electron chi connectivity index (χ3n) is 4.65. The average Bonchev–Trinajstić information content (AvgIpc) is 2.36. The Bertz CT molecular complexity index is 491. The fourth-order valence-corrected chi connectivity index (χ4v) is 3.68. The summed E-state index contributed by atoms with van der Waals surface area (Å²) in [5.41, 5.74) is 1.27. The minimum absolute atomic E-state index is 0. The van der Waals surface area contributed by atoms with Gasteiger partial charge in [0, 0.05) is 18.0 Å². The Hall–Kier alpha value is -0.930. The van der Waals surface area contributed by atoms with Gasteiger partial charge in [0.25, 0.3) is 0 Å². The van der Waals surface area contributed by atoms with E-state index < -0.39 is 0 Å². The summed E-state index contributed by atoms with van der Waals surface area (Å²) in [6.45, 7) is 2.24. The zero-order chi connectivity index (χ0) is 13.6. The highest BCUT2D eigenvalue weighted by molar-refractivity contribution is 5.85.